The minimum Gasteiger partial charge on any atom is -0.478 e. The summed E-state index contributed by atoms with van der Waals surface area (Å²) < 4.78 is 6.95. The van der Waals surface area contributed by atoms with Crippen LogP contribution in [0.5, 0.6) is 0 Å². The molecule has 0 unspecified atom stereocenters. The standard InChI is InChI=1S/C23H22N4O3S/c1-23(2)10-17-15(11-30-23)9-16-18-19(31-21(16)27-17)20(26-12-25-18)24-8-7-13-3-5-14(6-4-13)22(28)29/h3-6,9,12H,7-8,10-11H2,1-2H3,(H,28,29)(H,24,25,26). The molecule has 0 amide bonds. The molecule has 0 atom stereocenters. The average molecular weight is 435 g/mol. The van der Waals surface area contributed by atoms with Crippen LogP contribution in [-0.2, 0) is 24.2 Å². The minimum absolute atomic E-state index is 0.195. The molecule has 1 aliphatic rings. The number of nitrogens with zero attached hydrogens (tertiary/aromatic N) is 3. The van der Waals surface area contributed by atoms with Gasteiger partial charge in [-0.15, -0.1) is 11.3 Å². The molecular formula is C23H22N4O3S. The second kappa shape index (κ2) is 7.55. The highest BCUT2D eigenvalue weighted by molar-refractivity contribution is 7.25. The van der Waals surface area contributed by atoms with Crippen molar-refractivity contribution in [2.75, 3.05) is 11.9 Å². The number of anilines is 1. The molecule has 3 aromatic heterocycles. The molecule has 0 radical (unpaired) electrons. The zero-order valence-corrected chi connectivity index (χ0v) is 18.1. The highest BCUT2D eigenvalue weighted by Gasteiger charge is 2.28. The Morgan fingerprint density at radius 1 is 1.26 bits per heavy atom. The van der Waals surface area contributed by atoms with E-state index in [2.05, 4.69) is 35.2 Å². The number of hydrogen-bond acceptors (Lipinski definition) is 7. The van der Waals surface area contributed by atoms with Gasteiger partial charge in [-0.25, -0.2) is 19.7 Å². The number of rotatable bonds is 5. The third-order valence-electron chi connectivity index (χ3n) is 5.53. The quantitative estimate of drug-likeness (QED) is 0.479. The number of carboxylic acids is 1. The van der Waals surface area contributed by atoms with Crippen LogP contribution >= 0.6 is 11.3 Å². The largest absolute Gasteiger partial charge is 0.478 e. The third kappa shape index (κ3) is 3.84. The van der Waals surface area contributed by atoms with Gasteiger partial charge in [0.2, 0.25) is 0 Å². The summed E-state index contributed by atoms with van der Waals surface area (Å²) in [6, 6.07) is 9.11. The molecule has 0 bridgehead atoms. The van der Waals surface area contributed by atoms with Gasteiger partial charge < -0.3 is 15.2 Å². The number of nitrogens with one attached hydrogen (secondary N) is 1. The number of aromatic carboxylic acids is 1. The molecule has 0 saturated heterocycles. The minimum atomic E-state index is -0.914. The zero-order chi connectivity index (χ0) is 21.6. The molecule has 5 rings (SSSR count). The van der Waals surface area contributed by atoms with E-state index in [1.165, 1.54) is 0 Å². The maximum atomic E-state index is 11.0. The number of aromatic nitrogens is 3. The Kier molecular flexibility index (Phi) is 4.83. The highest BCUT2D eigenvalue weighted by atomic mass is 32.1. The van der Waals surface area contributed by atoms with Crippen LogP contribution in [0.25, 0.3) is 20.4 Å². The van der Waals surface area contributed by atoms with Crippen molar-refractivity contribution >= 4 is 43.6 Å². The van der Waals surface area contributed by atoms with Gasteiger partial charge in [-0.1, -0.05) is 12.1 Å². The fourth-order valence-electron chi connectivity index (χ4n) is 3.85. The van der Waals surface area contributed by atoms with Gasteiger partial charge in [0.25, 0.3) is 0 Å². The van der Waals surface area contributed by atoms with Crippen molar-refractivity contribution in [2.45, 2.75) is 38.9 Å². The van der Waals surface area contributed by atoms with Gasteiger partial charge in [0, 0.05) is 23.9 Å². The van der Waals surface area contributed by atoms with E-state index in [1.807, 2.05) is 12.1 Å². The lowest BCUT2D eigenvalue weighted by Crippen LogP contribution is -2.32. The van der Waals surface area contributed by atoms with Gasteiger partial charge in [-0.05, 0) is 44.0 Å². The monoisotopic (exact) mass is 434 g/mol. The number of carbonyl (C=O) groups is 1. The molecule has 0 saturated carbocycles. The molecule has 1 aliphatic heterocycles. The maximum absolute atomic E-state index is 11.0. The molecule has 31 heavy (non-hydrogen) atoms. The van der Waals surface area contributed by atoms with Crippen LogP contribution in [0.4, 0.5) is 5.82 Å². The van der Waals surface area contributed by atoms with Crippen LogP contribution in [0, 0.1) is 0 Å². The van der Waals surface area contributed by atoms with E-state index in [-0.39, 0.29) is 5.60 Å². The van der Waals surface area contributed by atoms with Crippen LogP contribution in [-0.4, -0.2) is 38.2 Å². The fourth-order valence-corrected chi connectivity index (χ4v) is 4.95. The zero-order valence-electron chi connectivity index (χ0n) is 17.3. The van der Waals surface area contributed by atoms with E-state index in [4.69, 9.17) is 14.8 Å². The first-order valence-corrected chi connectivity index (χ1v) is 11.0. The summed E-state index contributed by atoms with van der Waals surface area (Å²) in [5, 5.41) is 13.5. The summed E-state index contributed by atoms with van der Waals surface area (Å²) in [7, 11) is 0. The lowest BCUT2D eigenvalue weighted by atomic mass is 9.95. The lowest BCUT2D eigenvalue weighted by Gasteiger charge is -2.30. The summed E-state index contributed by atoms with van der Waals surface area (Å²) in [6.07, 6.45) is 3.14. The Morgan fingerprint density at radius 3 is 2.84 bits per heavy atom. The van der Waals surface area contributed by atoms with E-state index >= 15 is 0 Å². The van der Waals surface area contributed by atoms with Crippen molar-refractivity contribution < 1.29 is 14.6 Å². The smallest absolute Gasteiger partial charge is 0.335 e. The number of hydrogen-bond donors (Lipinski definition) is 2. The maximum Gasteiger partial charge on any atom is 0.335 e. The van der Waals surface area contributed by atoms with Crippen LogP contribution in [0.3, 0.4) is 0 Å². The molecule has 1 aromatic carbocycles. The van der Waals surface area contributed by atoms with Crippen LogP contribution in [0.1, 0.15) is 41.0 Å². The van der Waals surface area contributed by atoms with Crippen LogP contribution < -0.4 is 5.32 Å². The predicted octanol–water partition coefficient (Wildman–Crippen LogP) is 4.44. The number of benzene rings is 1. The van der Waals surface area contributed by atoms with E-state index in [0.29, 0.717) is 18.7 Å². The number of ether oxygens (including phenoxy) is 1. The first-order chi connectivity index (χ1) is 14.9. The van der Waals surface area contributed by atoms with Crippen LogP contribution in [0.15, 0.2) is 36.7 Å². The van der Waals surface area contributed by atoms with Gasteiger partial charge in [0.1, 0.15) is 17.0 Å². The average Bonchev–Trinajstić information content (AvgIpc) is 3.10. The van der Waals surface area contributed by atoms with Crippen molar-refractivity contribution in [2.24, 2.45) is 0 Å². The second-order valence-corrected chi connectivity index (χ2v) is 9.35. The topological polar surface area (TPSA) is 97.2 Å². The molecule has 8 heteroatoms. The predicted molar refractivity (Wildman–Crippen MR) is 121 cm³/mol. The second-order valence-electron chi connectivity index (χ2n) is 8.35. The molecule has 4 heterocycles. The van der Waals surface area contributed by atoms with Gasteiger partial charge >= 0.3 is 5.97 Å². The van der Waals surface area contributed by atoms with E-state index in [1.54, 1.807) is 29.8 Å². The lowest BCUT2D eigenvalue weighted by molar-refractivity contribution is -0.0411. The van der Waals surface area contributed by atoms with Gasteiger partial charge in [-0.3, -0.25) is 0 Å². The summed E-state index contributed by atoms with van der Waals surface area (Å²) in [6.45, 7) is 5.43. The molecule has 158 valence electrons. The number of pyridine rings is 1. The Balaban J connectivity index is 1.40. The molecular weight excluding hydrogens is 412 g/mol. The first-order valence-electron chi connectivity index (χ1n) is 10.2. The Bertz CT molecular complexity index is 1300. The van der Waals surface area contributed by atoms with Gasteiger partial charge in [0.05, 0.1) is 33.7 Å². The highest BCUT2D eigenvalue weighted by Crippen LogP contribution is 2.37. The fraction of sp³-hybridized carbons (Fsp3) is 0.304. The summed E-state index contributed by atoms with van der Waals surface area (Å²) >= 11 is 1.61. The molecule has 2 N–H and O–H groups in total. The van der Waals surface area contributed by atoms with E-state index in [9.17, 15) is 4.79 Å². The molecule has 0 fully saturated rings. The molecule has 0 aliphatic carbocycles. The van der Waals surface area contributed by atoms with E-state index in [0.717, 1.165) is 55.9 Å². The molecule has 0 spiro atoms. The number of thiophene rings is 1. The number of fused-ring (bicyclic) bond motifs is 4. The summed E-state index contributed by atoms with van der Waals surface area (Å²) in [4.78, 5) is 25.9. The van der Waals surface area contributed by atoms with Crippen molar-refractivity contribution in [3.63, 3.8) is 0 Å². The SMILES string of the molecule is CC1(C)Cc2nc3sc4c(NCCc5ccc(C(=O)O)cc5)ncnc4c3cc2CO1. The van der Waals surface area contributed by atoms with Crippen molar-refractivity contribution in [3.8, 4) is 0 Å². The van der Waals surface area contributed by atoms with Gasteiger partial charge in [0.15, 0.2) is 0 Å². The Hall–Kier alpha value is -3.10. The van der Waals surface area contributed by atoms with Crippen molar-refractivity contribution in [1.29, 1.82) is 0 Å². The third-order valence-corrected chi connectivity index (χ3v) is 6.63. The number of carboxylic acid groups (broad SMARTS) is 1. The van der Waals surface area contributed by atoms with Crippen LogP contribution in [0.2, 0.25) is 0 Å². The molecule has 4 aromatic rings. The summed E-state index contributed by atoms with van der Waals surface area (Å²) in [5.41, 5.74) is 4.30. The molecule has 7 nitrogen and oxygen atoms in total. The normalized spacial score (nSPS) is 15.2. The Morgan fingerprint density at radius 2 is 2.06 bits per heavy atom. The first kappa shape index (κ1) is 19.8. The van der Waals surface area contributed by atoms with E-state index < -0.39 is 5.97 Å². The van der Waals surface area contributed by atoms with Crippen molar-refractivity contribution in [1.82, 2.24) is 15.0 Å². The Labute approximate surface area is 183 Å². The summed E-state index contributed by atoms with van der Waals surface area (Å²) in [5.74, 6) is -0.118. The van der Waals surface area contributed by atoms with Crippen molar-refractivity contribution in [3.05, 3.63) is 59.0 Å². The van der Waals surface area contributed by atoms with Gasteiger partial charge in [-0.2, -0.15) is 0 Å².